The Morgan fingerprint density at radius 1 is 1.33 bits per heavy atom. The Kier molecular flexibility index (Phi) is 4.85. The first-order valence-electron chi connectivity index (χ1n) is 6.41. The van der Waals surface area contributed by atoms with Gasteiger partial charge in [0.1, 0.15) is 0 Å². The smallest absolute Gasteiger partial charge is 0.192 e. The molecule has 110 valence electrons. The molecule has 1 aromatic heterocycles. The van der Waals surface area contributed by atoms with Crippen LogP contribution in [0.15, 0.2) is 36.5 Å². The number of alkyl halides is 1. The molecule has 0 bridgehead atoms. The van der Waals surface area contributed by atoms with Gasteiger partial charge in [-0.2, -0.15) is 4.68 Å². The van der Waals surface area contributed by atoms with Crippen LogP contribution in [-0.4, -0.2) is 49.8 Å². The van der Waals surface area contributed by atoms with Crippen molar-refractivity contribution >= 4 is 27.3 Å². The van der Waals surface area contributed by atoms with E-state index in [1.165, 1.54) is 0 Å². The summed E-state index contributed by atoms with van der Waals surface area (Å²) in [4.78, 5) is 13.9. The van der Waals surface area contributed by atoms with Crippen molar-refractivity contribution in [2.75, 3.05) is 14.1 Å². The second kappa shape index (κ2) is 6.62. The Hall–Kier alpha value is -2.02. The number of rotatable bonds is 5. The third-order valence-corrected chi connectivity index (χ3v) is 3.14. The van der Waals surface area contributed by atoms with Crippen molar-refractivity contribution < 1.29 is 4.79 Å². The molecule has 21 heavy (non-hydrogen) atoms. The Labute approximate surface area is 131 Å². The number of carbonyl (C=O) groups excluding carboxylic acids is 1. The van der Waals surface area contributed by atoms with E-state index >= 15 is 0 Å². The van der Waals surface area contributed by atoms with E-state index in [9.17, 15) is 4.79 Å². The minimum atomic E-state index is -0.315. The molecule has 0 N–H and O–H groups in total. The lowest BCUT2D eigenvalue weighted by Crippen LogP contribution is -2.18. The number of para-hydroxylation sites is 1. The molecule has 0 fully saturated rings. The van der Waals surface area contributed by atoms with Crippen molar-refractivity contribution in [2.45, 2.75) is 11.8 Å². The van der Waals surface area contributed by atoms with E-state index in [4.69, 9.17) is 0 Å². The van der Waals surface area contributed by atoms with Crippen molar-refractivity contribution in [3.63, 3.8) is 0 Å². The van der Waals surface area contributed by atoms with Crippen LogP contribution in [0, 0.1) is 0 Å². The highest BCUT2D eigenvalue weighted by Gasteiger charge is 2.23. The molecule has 0 aliphatic carbocycles. The van der Waals surface area contributed by atoms with Gasteiger partial charge >= 0.3 is 0 Å². The van der Waals surface area contributed by atoms with Gasteiger partial charge in [-0.25, -0.2) is 0 Å². The third kappa shape index (κ3) is 3.55. The summed E-state index contributed by atoms with van der Waals surface area (Å²) in [6.07, 6.45) is 1.73. The fraction of sp³-hybridized carbons (Fsp3) is 0.286. The number of allylic oxidation sites excluding steroid dienone is 1. The Morgan fingerprint density at radius 3 is 2.57 bits per heavy atom. The molecule has 1 aromatic carbocycles. The molecule has 0 spiro atoms. The van der Waals surface area contributed by atoms with E-state index in [2.05, 4.69) is 31.5 Å². The molecule has 2 rings (SSSR count). The van der Waals surface area contributed by atoms with Crippen LogP contribution in [0.3, 0.4) is 0 Å². The minimum absolute atomic E-state index is 0.0734. The summed E-state index contributed by atoms with van der Waals surface area (Å²) in [6, 6.07) is 9.47. The number of hydrogen-bond donors (Lipinski definition) is 0. The van der Waals surface area contributed by atoms with E-state index in [1.54, 1.807) is 22.7 Å². The molecular formula is C14H16BrN5O. The zero-order valence-electron chi connectivity index (χ0n) is 12.1. The van der Waals surface area contributed by atoms with Crippen LogP contribution in [-0.2, 0) is 4.79 Å². The number of halogens is 1. The average Bonchev–Trinajstić information content (AvgIpc) is 2.93. The first-order chi connectivity index (χ1) is 10.0. The molecule has 0 aliphatic heterocycles. The predicted molar refractivity (Wildman–Crippen MR) is 84.2 cm³/mol. The van der Waals surface area contributed by atoms with Crippen molar-refractivity contribution in [1.82, 2.24) is 25.1 Å². The van der Waals surface area contributed by atoms with Gasteiger partial charge in [0.25, 0.3) is 0 Å². The molecule has 2 aromatic rings. The van der Waals surface area contributed by atoms with Gasteiger partial charge in [0.05, 0.1) is 16.1 Å². The van der Waals surface area contributed by atoms with Crippen LogP contribution < -0.4 is 0 Å². The van der Waals surface area contributed by atoms with E-state index < -0.39 is 0 Å². The second-order valence-corrected chi connectivity index (χ2v) is 6.11. The summed E-state index contributed by atoms with van der Waals surface area (Å²) < 4.78 is 1.56. The number of tetrazole rings is 1. The number of aromatic nitrogens is 4. The molecule has 1 heterocycles. The average molecular weight is 350 g/mol. The van der Waals surface area contributed by atoms with Crippen molar-refractivity contribution in [2.24, 2.45) is 0 Å². The quantitative estimate of drug-likeness (QED) is 0.609. The van der Waals surface area contributed by atoms with Gasteiger partial charge in [-0.05, 0) is 29.5 Å². The highest BCUT2D eigenvalue weighted by Crippen LogP contribution is 2.20. The normalized spacial score (nSPS) is 13.0. The monoisotopic (exact) mass is 349 g/mol. The maximum atomic E-state index is 12.4. The lowest BCUT2D eigenvalue weighted by molar-refractivity contribution is -0.113. The Morgan fingerprint density at radius 2 is 2.00 bits per heavy atom. The molecule has 0 saturated carbocycles. The third-order valence-electron chi connectivity index (χ3n) is 2.73. The largest absolute Gasteiger partial charge is 0.383 e. The lowest BCUT2D eigenvalue weighted by Gasteiger charge is -2.12. The lowest BCUT2D eigenvalue weighted by atomic mass is 10.1. The number of hydrogen-bond acceptors (Lipinski definition) is 5. The summed E-state index contributed by atoms with van der Waals surface area (Å²) in [5, 5.41) is 11.7. The molecule has 0 amide bonds. The molecular weight excluding hydrogens is 334 g/mol. The number of Topliss-reactive ketones (excluding diaryl/α,β-unsaturated/α-hetero) is 1. The second-order valence-electron chi connectivity index (χ2n) is 4.74. The predicted octanol–water partition coefficient (Wildman–Crippen LogP) is 1.92. The minimum Gasteiger partial charge on any atom is -0.383 e. The van der Waals surface area contributed by atoms with Crippen LogP contribution in [0.2, 0.25) is 0 Å². The zero-order chi connectivity index (χ0) is 15.4. The van der Waals surface area contributed by atoms with Crippen molar-refractivity contribution in [1.29, 1.82) is 0 Å². The van der Waals surface area contributed by atoms with Crippen molar-refractivity contribution in [3.05, 3.63) is 42.4 Å². The summed E-state index contributed by atoms with van der Waals surface area (Å²) in [5.41, 5.74) is 1.26. The van der Waals surface area contributed by atoms with E-state index in [1.807, 2.05) is 44.4 Å². The van der Waals surface area contributed by atoms with Crippen LogP contribution in [0.1, 0.15) is 12.7 Å². The maximum Gasteiger partial charge on any atom is 0.192 e. The molecule has 0 radical (unpaired) electrons. The van der Waals surface area contributed by atoms with Gasteiger partial charge in [0.2, 0.25) is 0 Å². The number of benzene rings is 1. The summed E-state index contributed by atoms with van der Waals surface area (Å²) in [5.74, 6) is 0.349. The van der Waals surface area contributed by atoms with E-state index in [0.717, 1.165) is 5.69 Å². The number of ketones is 1. The Bertz CT molecular complexity index is 648. The fourth-order valence-electron chi connectivity index (χ4n) is 1.80. The van der Waals surface area contributed by atoms with Gasteiger partial charge in [0.15, 0.2) is 11.6 Å². The number of carbonyl (C=O) groups is 1. The Balaban J connectivity index is 2.53. The molecule has 0 saturated heterocycles. The van der Waals surface area contributed by atoms with Crippen LogP contribution in [0.5, 0.6) is 0 Å². The van der Waals surface area contributed by atoms with Gasteiger partial charge in [-0.15, -0.1) is 5.10 Å². The highest BCUT2D eigenvalue weighted by atomic mass is 79.9. The van der Waals surface area contributed by atoms with Gasteiger partial charge in [-0.1, -0.05) is 34.1 Å². The first-order valence-corrected chi connectivity index (χ1v) is 7.33. The SMILES string of the molecule is C[C@H](Br)C(=O)/C(=C/N(C)C)c1nnnn1-c1ccccc1. The van der Waals surface area contributed by atoms with Crippen molar-refractivity contribution in [3.8, 4) is 5.69 Å². The summed E-state index contributed by atoms with van der Waals surface area (Å²) >= 11 is 3.31. The molecule has 0 unspecified atom stereocenters. The first kappa shape index (κ1) is 15.4. The summed E-state index contributed by atoms with van der Waals surface area (Å²) in [6.45, 7) is 1.78. The van der Waals surface area contributed by atoms with Gasteiger partial charge in [0, 0.05) is 20.3 Å². The highest BCUT2D eigenvalue weighted by molar-refractivity contribution is 9.10. The fourth-order valence-corrected chi connectivity index (χ4v) is 2.05. The molecule has 6 nitrogen and oxygen atoms in total. The molecule has 0 aliphatic rings. The molecule has 7 heteroatoms. The van der Waals surface area contributed by atoms with Crippen LogP contribution in [0.25, 0.3) is 11.3 Å². The van der Waals surface area contributed by atoms with E-state index in [0.29, 0.717) is 11.4 Å². The maximum absolute atomic E-state index is 12.4. The standard InChI is InChI=1S/C14H16BrN5O/c1-10(15)13(21)12(9-19(2)3)14-16-17-18-20(14)11-7-5-4-6-8-11/h4-10H,1-3H3/b12-9-/t10-/m0/s1. The van der Waals surface area contributed by atoms with Crippen LogP contribution in [0.4, 0.5) is 0 Å². The van der Waals surface area contributed by atoms with Crippen LogP contribution >= 0.6 is 15.9 Å². The van der Waals surface area contributed by atoms with Gasteiger partial charge in [-0.3, -0.25) is 4.79 Å². The zero-order valence-corrected chi connectivity index (χ0v) is 13.6. The summed E-state index contributed by atoms with van der Waals surface area (Å²) in [7, 11) is 3.70. The number of nitrogens with zero attached hydrogens (tertiary/aromatic N) is 5. The van der Waals surface area contributed by atoms with Gasteiger partial charge < -0.3 is 4.90 Å². The molecule has 1 atom stereocenters. The van der Waals surface area contributed by atoms with E-state index in [-0.39, 0.29) is 10.6 Å². The topological polar surface area (TPSA) is 63.9 Å².